The molecule has 0 aromatic heterocycles. The van der Waals surface area contributed by atoms with Crippen LogP contribution in [0.4, 0.5) is 4.39 Å². The number of methoxy groups -OCH3 is 1. The maximum Gasteiger partial charge on any atom is 0.308 e. The zero-order valence-electron chi connectivity index (χ0n) is 8.75. The molecule has 1 rings (SSSR count). The molecule has 0 aliphatic heterocycles. The maximum absolute atomic E-state index is 12.9. The van der Waals surface area contributed by atoms with E-state index in [4.69, 9.17) is 4.74 Å². The normalized spacial score (nSPS) is 9.80. The third-order valence-electron chi connectivity index (χ3n) is 1.93. The third kappa shape index (κ3) is 3.58. The van der Waals surface area contributed by atoms with Gasteiger partial charge in [-0.3, -0.25) is 4.79 Å². The smallest absolute Gasteiger partial charge is 0.308 e. The number of carbonyl (C=O) groups is 1. The largest absolute Gasteiger partial charge is 0.493 e. The minimum atomic E-state index is -0.325. The average molecular weight is 212 g/mol. The zero-order valence-corrected chi connectivity index (χ0v) is 8.75. The first-order valence-electron chi connectivity index (χ1n) is 4.59. The van der Waals surface area contributed by atoms with Crippen LogP contribution in [0.25, 0.3) is 0 Å². The number of esters is 1. The van der Waals surface area contributed by atoms with Crippen LogP contribution in [0.15, 0.2) is 18.2 Å². The Morgan fingerprint density at radius 2 is 2.20 bits per heavy atom. The van der Waals surface area contributed by atoms with Crippen molar-refractivity contribution in [1.29, 1.82) is 0 Å². The van der Waals surface area contributed by atoms with Gasteiger partial charge in [-0.25, -0.2) is 4.39 Å². The Bertz CT molecular complexity index is 350. The fourth-order valence-electron chi connectivity index (χ4n) is 1.06. The van der Waals surface area contributed by atoms with E-state index in [1.54, 1.807) is 13.0 Å². The van der Waals surface area contributed by atoms with Crippen LogP contribution in [-0.4, -0.2) is 19.7 Å². The number of benzene rings is 1. The first kappa shape index (κ1) is 11.5. The number of halogens is 1. The summed E-state index contributed by atoms with van der Waals surface area (Å²) < 4.78 is 22.6. The summed E-state index contributed by atoms with van der Waals surface area (Å²) in [5, 5.41) is 0. The third-order valence-corrected chi connectivity index (χ3v) is 1.93. The molecule has 0 N–H and O–H groups in total. The summed E-state index contributed by atoms with van der Waals surface area (Å²) in [5.74, 6) is -0.0399. The van der Waals surface area contributed by atoms with Gasteiger partial charge in [0.05, 0.1) is 20.1 Å². The van der Waals surface area contributed by atoms with Crippen molar-refractivity contribution in [3.05, 3.63) is 29.6 Å². The van der Waals surface area contributed by atoms with Gasteiger partial charge < -0.3 is 9.47 Å². The maximum atomic E-state index is 12.9. The summed E-state index contributed by atoms with van der Waals surface area (Å²) >= 11 is 0. The molecule has 0 saturated heterocycles. The van der Waals surface area contributed by atoms with E-state index < -0.39 is 0 Å². The van der Waals surface area contributed by atoms with E-state index in [-0.39, 0.29) is 24.8 Å². The molecule has 0 aliphatic rings. The number of hydrogen-bond donors (Lipinski definition) is 0. The van der Waals surface area contributed by atoms with Crippen molar-refractivity contribution in [3.63, 3.8) is 0 Å². The van der Waals surface area contributed by atoms with Gasteiger partial charge in [-0.05, 0) is 30.7 Å². The highest BCUT2D eigenvalue weighted by Gasteiger charge is 2.02. The quantitative estimate of drug-likeness (QED) is 0.717. The molecule has 0 aliphatic carbocycles. The fraction of sp³-hybridized carbons (Fsp3) is 0.364. The fourth-order valence-corrected chi connectivity index (χ4v) is 1.06. The molecule has 4 heteroatoms. The Balaban J connectivity index is 2.44. The van der Waals surface area contributed by atoms with Gasteiger partial charge in [-0.1, -0.05) is 0 Å². The van der Waals surface area contributed by atoms with Crippen molar-refractivity contribution in [2.75, 3.05) is 13.7 Å². The van der Waals surface area contributed by atoms with E-state index >= 15 is 0 Å². The van der Waals surface area contributed by atoms with Gasteiger partial charge >= 0.3 is 5.97 Å². The molecule has 1 aromatic rings. The number of hydrogen-bond acceptors (Lipinski definition) is 3. The average Bonchev–Trinajstić information content (AvgIpc) is 2.23. The molecule has 1 aromatic carbocycles. The van der Waals surface area contributed by atoms with Crippen LogP contribution in [0.3, 0.4) is 0 Å². The van der Waals surface area contributed by atoms with E-state index in [0.717, 1.165) is 0 Å². The minimum absolute atomic E-state index is 0.187. The Labute approximate surface area is 87.8 Å². The zero-order chi connectivity index (χ0) is 11.3. The number of aryl methyl sites for hydroxylation is 1. The lowest BCUT2D eigenvalue weighted by Crippen LogP contribution is -2.07. The molecule has 0 bridgehead atoms. The molecule has 0 spiro atoms. The molecule has 0 fully saturated rings. The number of rotatable bonds is 4. The summed E-state index contributed by atoms with van der Waals surface area (Å²) in [7, 11) is 1.32. The second-order valence-corrected chi connectivity index (χ2v) is 3.09. The van der Waals surface area contributed by atoms with Crippen LogP contribution in [0.2, 0.25) is 0 Å². The summed E-state index contributed by atoms with van der Waals surface area (Å²) in [6.45, 7) is 1.89. The van der Waals surface area contributed by atoms with E-state index in [9.17, 15) is 9.18 Å². The monoisotopic (exact) mass is 212 g/mol. The van der Waals surface area contributed by atoms with Gasteiger partial charge in [0, 0.05) is 0 Å². The highest BCUT2D eigenvalue weighted by atomic mass is 19.1. The highest BCUT2D eigenvalue weighted by molar-refractivity contribution is 5.69. The second-order valence-electron chi connectivity index (χ2n) is 3.09. The summed E-state index contributed by atoms with van der Waals surface area (Å²) in [6.07, 6.45) is 0.187. The van der Waals surface area contributed by atoms with Gasteiger partial charge in [-0.2, -0.15) is 0 Å². The molecular weight excluding hydrogens is 199 g/mol. The van der Waals surface area contributed by atoms with E-state index in [1.165, 1.54) is 19.2 Å². The lowest BCUT2D eigenvalue weighted by atomic mass is 10.2. The Hall–Kier alpha value is -1.58. The summed E-state index contributed by atoms with van der Waals surface area (Å²) in [4.78, 5) is 10.8. The van der Waals surface area contributed by atoms with E-state index in [0.29, 0.717) is 11.3 Å². The van der Waals surface area contributed by atoms with Gasteiger partial charge in [0.1, 0.15) is 11.6 Å². The topological polar surface area (TPSA) is 35.5 Å². The molecule has 15 heavy (non-hydrogen) atoms. The molecule has 0 radical (unpaired) electrons. The van der Waals surface area contributed by atoms with Gasteiger partial charge in [0.25, 0.3) is 0 Å². The number of carbonyl (C=O) groups excluding carboxylic acids is 1. The molecular formula is C11H13FO3. The van der Waals surface area contributed by atoms with Gasteiger partial charge in [0.15, 0.2) is 0 Å². The number of ether oxygens (including phenoxy) is 2. The van der Waals surface area contributed by atoms with Gasteiger partial charge in [0.2, 0.25) is 0 Å². The molecule has 0 unspecified atom stereocenters. The van der Waals surface area contributed by atoms with E-state index in [2.05, 4.69) is 4.74 Å². The van der Waals surface area contributed by atoms with Crippen LogP contribution in [-0.2, 0) is 9.53 Å². The highest BCUT2D eigenvalue weighted by Crippen LogP contribution is 2.15. The Kier molecular flexibility index (Phi) is 4.09. The minimum Gasteiger partial charge on any atom is -0.493 e. The first-order chi connectivity index (χ1) is 7.13. The lowest BCUT2D eigenvalue weighted by Gasteiger charge is -2.06. The summed E-state index contributed by atoms with van der Waals surface area (Å²) in [6, 6.07) is 4.45. The summed E-state index contributed by atoms with van der Waals surface area (Å²) in [5.41, 5.74) is 0.519. The molecule has 0 saturated carbocycles. The molecule has 3 nitrogen and oxygen atoms in total. The predicted octanol–water partition coefficient (Wildman–Crippen LogP) is 2.08. The Morgan fingerprint density at radius 1 is 1.47 bits per heavy atom. The van der Waals surface area contributed by atoms with Gasteiger partial charge in [-0.15, -0.1) is 0 Å². The Morgan fingerprint density at radius 3 is 2.80 bits per heavy atom. The second kappa shape index (κ2) is 5.34. The first-order valence-corrected chi connectivity index (χ1v) is 4.59. The van der Waals surface area contributed by atoms with Crippen LogP contribution >= 0.6 is 0 Å². The van der Waals surface area contributed by atoms with E-state index in [1.807, 2.05) is 0 Å². The molecule has 0 heterocycles. The SMILES string of the molecule is COC(=O)CCOc1ccc(F)c(C)c1. The predicted molar refractivity (Wildman–Crippen MR) is 53.3 cm³/mol. The van der Waals surface area contributed by atoms with Crippen molar-refractivity contribution in [3.8, 4) is 5.75 Å². The van der Waals surface area contributed by atoms with Crippen molar-refractivity contribution in [1.82, 2.24) is 0 Å². The van der Waals surface area contributed by atoms with Crippen LogP contribution < -0.4 is 4.74 Å². The van der Waals surface area contributed by atoms with Crippen molar-refractivity contribution >= 4 is 5.97 Å². The molecule has 0 amide bonds. The molecule has 82 valence electrons. The van der Waals surface area contributed by atoms with Crippen molar-refractivity contribution in [2.24, 2.45) is 0 Å². The lowest BCUT2D eigenvalue weighted by molar-refractivity contribution is -0.141. The molecule has 0 atom stereocenters. The van der Waals surface area contributed by atoms with Crippen molar-refractivity contribution in [2.45, 2.75) is 13.3 Å². The standard InChI is InChI=1S/C11H13FO3/c1-8-7-9(3-4-10(8)12)15-6-5-11(13)14-2/h3-4,7H,5-6H2,1-2H3. The van der Waals surface area contributed by atoms with Crippen LogP contribution in [0.1, 0.15) is 12.0 Å². The van der Waals surface area contributed by atoms with Crippen LogP contribution in [0, 0.1) is 12.7 Å². The van der Waals surface area contributed by atoms with Crippen LogP contribution in [0.5, 0.6) is 5.75 Å². The van der Waals surface area contributed by atoms with Crippen molar-refractivity contribution < 1.29 is 18.7 Å².